The number of non-ortho nitro benzene ring substituents is 1. The molecule has 6 nitrogen and oxygen atoms in total. The predicted octanol–water partition coefficient (Wildman–Crippen LogP) is 3.93. The van der Waals surface area contributed by atoms with Crippen LogP contribution >= 0.6 is 11.6 Å². The maximum atomic E-state index is 12.2. The first-order chi connectivity index (χ1) is 11.4. The van der Waals surface area contributed by atoms with Gasteiger partial charge in [-0.1, -0.05) is 23.7 Å². The van der Waals surface area contributed by atoms with Crippen molar-refractivity contribution in [3.63, 3.8) is 0 Å². The first kappa shape index (κ1) is 17.9. The number of nitro benzene ring substituents is 1. The molecule has 2 rings (SSSR count). The van der Waals surface area contributed by atoms with Crippen LogP contribution < -0.4 is 10.6 Å². The second kappa shape index (κ2) is 7.90. The molecule has 2 N–H and O–H groups in total. The van der Waals surface area contributed by atoms with E-state index in [1.165, 1.54) is 24.3 Å². The highest BCUT2D eigenvalue weighted by Gasteiger charge is 2.17. The van der Waals surface area contributed by atoms with Crippen LogP contribution in [0.4, 0.5) is 11.4 Å². The van der Waals surface area contributed by atoms with Crippen LogP contribution in [0, 0.1) is 10.1 Å². The van der Waals surface area contributed by atoms with Crippen LogP contribution in [0.15, 0.2) is 48.5 Å². The van der Waals surface area contributed by atoms with Gasteiger partial charge in [-0.2, -0.15) is 0 Å². The molecule has 0 saturated heterocycles. The summed E-state index contributed by atoms with van der Waals surface area (Å²) in [6.45, 7) is 3.70. The summed E-state index contributed by atoms with van der Waals surface area (Å²) in [6, 6.07) is 12.6. The largest absolute Gasteiger partial charge is 0.325 e. The van der Waals surface area contributed by atoms with Gasteiger partial charge in [0.15, 0.2) is 0 Å². The lowest BCUT2D eigenvalue weighted by Crippen LogP contribution is -2.39. The van der Waals surface area contributed by atoms with Crippen molar-refractivity contribution in [3.05, 3.63) is 69.2 Å². The topological polar surface area (TPSA) is 84.3 Å². The fraction of sp³-hybridized carbons (Fsp3) is 0.235. The maximum absolute atomic E-state index is 12.2. The Kier molecular flexibility index (Phi) is 5.89. The van der Waals surface area contributed by atoms with E-state index in [0.717, 1.165) is 5.56 Å². The van der Waals surface area contributed by atoms with Gasteiger partial charge in [-0.05, 0) is 43.7 Å². The summed E-state index contributed by atoms with van der Waals surface area (Å²) < 4.78 is 0. The van der Waals surface area contributed by atoms with E-state index in [9.17, 15) is 14.9 Å². The average Bonchev–Trinajstić information content (AvgIpc) is 2.55. The van der Waals surface area contributed by atoms with Crippen LogP contribution in [0.25, 0.3) is 0 Å². The van der Waals surface area contributed by atoms with Crippen molar-refractivity contribution >= 4 is 28.9 Å². The molecule has 1 amide bonds. The SMILES string of the molecule is CC(NC(C)c1cccc(Cl)c1)C(=O)Nc1ccc([N+](=O)[O-])cc1. The van der Waals surface area contributed by atoms with Crippen LogP contribution in [-0.2, 0) is 4.79 Å². The maximum Gasteiger partial charge on any atom is 0.269 e. The summed E-state index contributed by atoms with van der Waals surface area (Å²) in [6.07, 6.45) is 0. The third-order valence-corrected chi connectivity index (χ3v) is 3.82. The number of carbonyl (C=O) groups excluding carboxylic acids is 1. The molecule has 2 aromatic rings. The van der Waals surface area contributed by atoms with Gasteiger partial charge in [-0.3, -0.25) is 20.2 Å². The Morgan fingerprint density at radius 3 is 2.42 bits per heavy atom. The summed E-state index contributed by atoms with van der Waals surface area (Å²) in [5.41, 5.74) is 1.47. The highest BCUT2D eigenvalue weighted by atomic mass is 35.5. The minimum absolute atomic E-state index is 0.0197. The highest BCUT2D eigenvalue weighted by molar-refractivity contribution is 6.30. The minimum atomic E-state index is -0.484. The Labute approximate surface area is 145 Å². The zero-order valence-corrected chi connectivity index (χ0v) is 14.1. The van der Waals surface area contributed by atoms with E-state index in [-0.39, 0.29) is 17.6 Å². The molecular weight excluding hydrogens is 330 g/mol. The smallest absolute Gasteiger partial charge is 0.269 e. The zero-order chi connectivity index (χ0) is 17.7. The molecule has 0 aromatic heterocycles. The lowest BCUT2D eigenvalue weighted by molar-refractivity contribution is -0.384. The highest BCUT2D eigenvalue weighted by Crippen LogP contribution is 2.19. The van der Waals surface area contributed by atoms with Crippen molar-refractivity contribution < 1.29 is 9.72 Å². The summed E-state index contributed by atoms with van der Waals surface area (Å²) in [5.74, 6) is -0.224. The quantitative estimate of drug-likeness (QED) is 0.612. The van der Waals surface area contributed by atoms with E-state index in [4.69, 9.17) is 11.6 Å². The monoisotopic (exact) mass is 347 g/mol. The van der Waals surface area contributed by atoms with E-state index in [2.05, 4.69) is 10.6 Å². The van der Waals surface area contributed by atoms with Crippen molar-refractivity contribution in [2.24, 2.45) is 0 Å². The van der Waals surface area contributed by atoms with Gasteiger partial charge >= 0.3 is 0 Å². The van der Waals surface area contributed by atoms with Crippen molar-refractivity contribution in [2.45, 2.75) is 25.9 Å². The molecule has 24 heavy (non-hydrogen) atoms. The molecule has 0 bridgehead atoms. The van der Waals surface area contributed by atoms with E-state index >= 15 is 0 Å². The Morgan fingerprint density at radius 1 is 1.17 bits per heavy atom. The molecule has 0 radical (unpaired) electrons. The Bertz CT molecular complexity index is 734. The van der Waals surface area contributed by atoms with Gasteiger partial charge in [0, 0.05) is 28.9 Å². The molecule has 2 atom stereocenters. The normalized spacial score (nSPS) is 13.1. The molecule has 2 aromatic carbocycles. The number of nitro groups is 1. The van der Waals surface area contributed by atoms with Gasteiger partial charge in [0.05, 0.1) is 11.0 Å². The number of nitrogens with zero attached hydrogens (tertiary/aromatic N) is 1. The zero-order valence-electron chi connectivity index (χ0n) is 13.3. The van der Waals surface area contributed by atoms with Gasteiger partial charge in [-0.25, -0.2) is 0 Å². The molecular formula is C17H18ClN3O3. The molecule has 126 valence electrons. The molecule has 2 unspecified atom stereocenters. The number of hydrogen-bond acceptors (Lipinski definition) is 4. The van der Waals surface area contributed by atoms with Crippen LogP contribution in [0.3, 0.4) is 0 Å². The van der Waals surface area contributed by atoms with Gasteiger partial charge in [0.25, 0.3) is 5.69 Å². The third-order valence-electron chi connectivity index (χ3n) is 3.59. The molecule has 0 spiro atoms. The van der Waals surface area contributed by atoms with Crippen molar-refractivity contribution in [2.75, 3.05) is 5.32 Å². The number of benzene rings is 2. The summed E-state index contributed by atoms with van der Waals surface area (Å²) >= 11 is 5.98. The molecule has 0 heterocycles. The first-order valence-electron chi connectivity index (χ1n) is 7.43. The van der Waals surface area contributed by atoms with Crippen LogP contribution in [0.5, 0.6) is 0 Å². The van der Waals surface area contributed by atoms with Gasteiger partial charge in [0.1, 0.15) is 0 Å². The standard InChI is InChI=1S/C17H18ClN3O3/c1-11(13-4-3-5-14(18)10-13)19-12(2)17(22)20-15-6-8-16(9-7-15)21(23)24/h3-12,19H,1-2H3,(H,20,22). The number of rotatable bonds is 6. The number of nitrogens with one attached hydrogen (secondary N) is 2. The average molecular weight is 348 g/mol. The fourth-order valence-corrected chi connectivity index (χ4v) is 2.44. The Balaban J connectivity index is 1.95. The number of hydrogen-bond donors (Lipinski definition) is 2. The Morgan fingerprint density at radius 2 is 1.83 bits per heavy atom. The van der Waals surface area contributed by atoms with E-state index < -0.39 is 11.0 Å². The van der Waals surface area contributed by atoms with Crippen LogP contribution in [-0.4, -0.2) is 16.9 Å². The molecule has 0 aliphatic carbocycles. The number of halogens is 1. The number of carbonyl (C=O) groups is 1. The predicted molar refractivity (Wildman–Crippen MR) is 94.2 cm³/mol. The molecule has 0 fully saturated rings. The van der Waals surface area contributed by atoms with Crippen molar-refractivity contribution in [1.82, 2.24) is 5.32 Å². The Hall–Kier alpha value is -2.44. The second-order valence-corrected chi connectivity index (χ2v) is 5.89. The summed E-state index contributed by atoms with van der Waals surface area (Å²) in [5, 5.41) is 17.2. The minimum Gasteiger partial charge on any atom is -0.325 e. The van der Waals surface area contributed by atoms with Gasteiger partial charge < -0.3 is 5.32 Å². The number of amides is 1. The van der Waals surface area contributed by atoms with Gasteiger partial charge in [-0.15, -0.1) is 0 Å². The van der Waals surface area contributed by atoms with E-state index in [1.807, 2.05) is 25.1 Å². The van der Waals surface area contributed by atoms with E-state index in [0.29, 0.717) is 10.7 Å². The molecule has 0 aliphatic heterocycles. The van der Waals surface area contributed by atoms with Crippen molar-refractivity contribution in [1.29, 1.82) is 0 Å². The third kappa shape index (κ3) is 4.78. The number of anilines is 1. The van der Waals surface area contributed by atoms with Crippen LogP contribution in [0.2, 0.25) is 5.02 Å². The van der Waals surface area contributed by atoms with E-state index in [1.54, 1.807) is 13.0 Å². The van der Waals surface area contributed by atoms with Crippen LogP contribution in [0.1, 0.15) is 25.5 Å². The molecule has 7 heteroatoms. The summed E-state index contributed by atoms with van der Waals surface area (Å²) in [4.78, 5) is 22.4. The lowest BCUT2D eigenvalue weighted by Gasteiger charge is -2.20. The first-order valence-corrected chi connectivity index (χ1v) is 7.81. The second-order valence-electron chi connectivity index (χ2n) is 5.46. The lowest BCUT2D eigenvalue weighted by atomic mass is 10.1. The van der Waals surface area contributed by atoms with Gasteiger partial charge in [0.2, 0.25) is 5.91 Å². The summed E-state index contributed by atoms with van der Waals surface area (Å²) in [7, 11) is 0. The molecule has 0 saturated carbocycles. The fourth-order valence-electron chi connectivity index (χ4n) is 2.24. The molecule has 0 aliphatic rings. The van der Waals surface area contributed by atoms with Crippen molar-refractivity contribution in [3.8, 4) is 0 Å².